The normalized spacial score (nSPS) is 10.2. The molecule has 0 saturated heterocycles. The first-order chi connectivity index (χ1) is 8.20. The minimum atomic E-state index is -0.185. The molecule has 17 heavy (non-hydrogen) atoms. The molecule has 0 saturated carbocycles. The van der Waals surface area contributed by atoms with Crippen molar-refractivity contribution in [3.63, 3.8) is 0 Å². The number of rotatable bonds is 3. The Labute approximate surface area is 98.1 Å². The van der Waals surface area contributed by atoms with E-state index < -0.39 is 0 Å². The second kappa shape index (κ2) is 4.69. The molecule has 88 valence electrons. The molecule has 1 amide bonds. The summed E-state index contributed by atoms with van der Waals surface area (Å²) in [6, 6.07) is 7.09. The number of benzene rings is 1. The number of H-pyrrole nitrogens is 1. The van der Waals surface area contributed by atoms with E-state index in [2.05, 4.69) is 10.3 Å². The molecule has 0 aliphatic carbocycles. The Morgan fingerprint density at radius 3 is 2.59 bits per heavy atom. The summed E-state index contributed by atoms with van der Waals surface area (Å²) < 4.78 is 1.49. The molecule has 1 aromatic heterocycles. The minimum absolute atomic E-state index is 0.0310. The highest BCUT2D eigenvalue weighted by molar-refractivity contribution is 5.90. The fourth-order valence-electron chi connectivity index (χ4n) is 1.48. The van der Waals surface area contributed by atoms with Crippen molar-refractivity contribution >= 4 is 11.6 Å². The first-order valence-electron chi connectivity index (χ1n) is 5.37. The van der Waals surface area contributed by atoms with Crippen molar-refractivity contribution < 1.29 is 4.79 Å². The van der Waals surface area contributed by atoms with E-state index in [4.69, 9.17) is 0 Å². The van der Waals surface area contributed by atoms with Crippen LogP contribution in [-0.4, -0.2) is 15.5 Å². The third-order valence-corrected chi connectivity index (χ3v) is 2.40. The fraction of sp³-hybridized carbons (Fsp3) is 0.167. The second-order valence-corrected chi connectivity index (χ2v) is 3.58. The van der Waals surface area contributed by atoms with E-state index in [1.54, 1.807) is 43.6 Å². The van der Waals surface area contributed by atoms with Gasteiger partial charge in [0, 0.05) is 24.5 Å². The summed E-state index contributed by atoms with van der Waals surface area (Å²) in [5.41, 5.74) is 1.30. The summed E-state index contributed by atoms with van der Waals surface area (Å²) in [6.07, 6.45) is 3.68. The van der Waals surface area contributed by atoms with Gasteiger partial charge in [0.15, 0.2) is 0 Å². The molecular formula is C12H13N3O2. The van der Waals surface area contributed by atoms with Crippen molar-refractivity contribution in [3.05, 3.63) is 47.1 Å². The van der Waals surface area contributed by atoms with Gasteiger partial charge in [-0.05, 0) is 24.3 Å². The summed E-state index contributed by atoms with van der Waals surface area (Å²) >= 11 is 0. The minimum Gasteiger partial charge on any atom is -0.326 e. The molecule has 0 radical (unpaired) electrons. The van der Waals surface area contributed by atoms with Gasteiger partial charge in [-0.2, -0.15) is 0 Å². The van der Waals surface area contributed by atoms with Gasteiger partial charge in [-0.3, -0.25) is 9.36 Å². The van der Waals surface area contributed by atoms with Crippen LogP contribution in [0, 0.1) is 0 Å². The van der Waals surface area contributed by atoms with Crippen LogP contribution in [0.5, 0.6) is 0 Å². The van der Waals surface area contributed by atoms with Crippen LogP contribution in [0.3, 0.4) is 0 Å². The van der Waals surface area contributed by atoms with Crippen molar-refractivity contribution in [3.8, 4) is 5.69 Å². The standard InChI is InChI=1S/C12H13N3O2/c1-2-11(16)14-9-3-5-10(6-4-9)15-8-7-13-12(15)17/h3-8H,2H2,1H3,(H,13,17)(H,14,16). The number of carbonyl (C=O) groups is 1. The van der Waals surface area contributed by atoms with E-state index >= 15 is 0 Å². The molecule has 0 spiro atoms. The maximum atomic E-state index is 11.4. The Morgan fingerprint density at radius 1 is 1.35 bits per heavy atom. The lowest BCUT2D eigenvalue weighted by molar-refractivity contribution is -0.115. The Hall–Kier alpha value is -2.30. The molecule has 0 aliphatic heterocycles. The zero-order valence-electron chi connectivity index (χ0n) is 9.43. The number of nitrogens with one attached hydrogen (secondary N) is 2. The second-order valence-electron chi connectivity index (χ2n) is 3.58. The quantitative estimate of drug-likeness (QED) is 0.840. The number of anilines is 1. The highest BCUT2D eigenvalue weighted by Gasteiger charge is 2.01. The lowest BCUT2D eigenvalue weighted by Crippen LogP contribution is -2.14. The molecule has 2 aromatic rings. The maximum Gasteiger partial charge on any atom is 0.330 e. The summed E-state index contributed by atoms with van der Waals surface area (Å²) in [5.74, 6) is -0.0310. The highest BCUT2D eigenvalue weighted by atomic mass is 16.2. The Bertz CT molecular complexity index is 566. The topological polar surface area (TPSA) is 66.9 Å². The molecule has 0 bridgehead atoms. The average Bonchev–Trinajstić information content (AvgIpc) is 2.76. The summed E-state index contributed by atoms with van der Waals surface area (Å²) in [4.78, 5) is 25.1. The lowest BCUT2D eigenvalue weighted by atomic mass is 10.2. The number of hydrogen-bond acceptors (Lipinski definition) is 2. The number of nitrogens with zero attached hydrogens (tertiary/aromatic N) is 1. The Balaban J connectivity index is 2.22. The van der Waals surface area contributed by atoms with Gasteiger partial charge in [0.2, 0.25) is 5.91 Å². The number of amides is 1. The number of hydrogen-bond donors (Lipinski definition) is 2. The maximum absolute atomic E-state index is 11.4. The summed E-state index contributed by atoms with van der Waals surface area (Å²) in [6.45, 7) is 1.79. The van der Waals surface area contributed by atoms with Crippen LogP contribution < -0.4 is 11.0 Å². The van der Waals surface area contributed by atoms with Gasteiger partial charge in [0.1, 0.15) is 0 Å². The van der Waals surface area contributed by atoms with Crippen molar-refractivity contribution in [2.24, 2.45) is 0 Å². The SMILES string of the molecule is CCC(=O)Nc1ccc(-n2cc[nH]c2=O)cc1. The predicted octanol–water partition coefficient (Wildman–Crippen LogP) is 1.51. The zero-order valence-corrected chi connectivity index (χ0v) is 9.43. The van der Waals surface area contributed by atoms with Gasteiger partial charge in [-0.1, -0.05) is 6.92 Å². The van der Waals surface area contributed by atoms with Crippen molar-refractivity contribution in [2.75, 3.05) is 5.32 Å². The van der Waals surface area contributed by atoms with E-state index in [1.807, 2.05) is 0 Å². The molecule has 0 aliphatic rings. The van der Waals surface area contributed by atoms with Gasteiger partial charge < -0.3 is 10.3 Å². The number of carbonyl (C=O) groups excluding carboxylic acids is 1. The first kappa shape index (κ1) is 11.2. The molecule has 1 heterocycles. The van der Waals surface area contributed by atoms with Crippen LogP contribution in [0.1, 0.15) is 13.3 Å². The van der Waals surface area contributed by atoms with Crippen LogP contribution in [0.4, 0.5) is 5.69 Å². The highest BCUT2D eigenvalue weighted by Crippen LogP contribution is 2.11. The van der Waals surface area contributed by atoms with Gasteiger partial charge in [0.05, 0.1) is 5.69 Å². The van der Waals surface area contributed by atoms with Crippen LogP contribution in [-0.2, 0) is 4.79 Å². The molecule has 0 fully saturated rings. The van der Waals surface area contributed by atoms with Crippen molar-refractivity contribution in [1.29, 1.82) is 0 Å². The molecule has 2 rings (SSSR count). The lowest BCUT2D eigenvalue weighted by Gasteiger charge is -2.05. The smallest absolute Gasteiger partial charge is 0.326 e. The third kappa shape index (κ3) is 2.44. The molecule has 0 atom stereocenters. The van der Waals surface area contributed by atoms with E-state index in [0.29, 0.717) is 6.42 Å². The van der Waals surface area contributed by atoms with Crippen molar-refractivity contribution in [2.45, 2.75) is 13.3 Å². The van der Waals surface area contributed by atoms with E-state index in [-0.39, 0.29) is 11.6 Å². The first-order valence-corrected chi connectivity index (χ1v) is 5.37. The van der Waals surface area contributed by atoms with Gasteiger partial charge >= 0.3 is 5.69 Å². The van der Waals surface area contributed by atoms with Gasteiger partial charge in [0.25, 0.3) is 0 Å². The van der Waals surface area contributed by atoms with E-state index in [9.17, 15) is 9.59 Å². The fourth-order valence-corrected chi connectivity index (χ4v) is 1.48. The average molecular weight is 231 g/mol. The molecule has 5 nitrogen and oxygen atoms in total. The van der Waals surface area contributed by atoms with E-state index in [1.165, 1.54) is 4.57 Å². The molecule has 1 aromatic carbocycles. The van der Waals surface area contributed by atoms with Crippen molar-refractivity contribution in [1.82, 2.24) is 9.55 Å². The van der Waals surface area contributed by atoms with Crippen LogP contribution in [0.2, 0.25) is 0 Å². The van der Waals surface area contributed by atoms with Crippen LogP contribution in [0.15, 0.2) is 41.5 Å². The largest absolute Gasteiger partial charge is 0.330 e. The van der Waals surface area contributed by atoms with Gasteiger partial charge in [-0.25, -0.2) is 4.79 Å². The molecular weight excluding hydrogens is 218 g/mol. The number of aromatic nitrogens is 2. The number of imidazole rings is 1. The zero-order chi connectivity index (χ0) is 12.3. The predicted molar refractivity (Wildman–Crippen MR) is 65.3 cm³/mol. The van der Waals surface area contributed by atoms with E-state index in [0.717, 1.165) is 11.4 Å². The Morgan fingerprint density at radius 2 is 2.06 bits per heavy atom. The summed E-state index contributed by atoms with van der Waals surface area (Å²) in [5, 5.41) is 2.74. The van der Waals surface area contributed by atoms with Crippen LogP contribution >= 0.6 is 0 Å². The van der Waals surface area contributed by atoms with Gasteiger partial charge in [-0.15, -0.1) is 0 Å². The number of aromatic amines is 1. The molecule has 0 unspecified atom stereocenters. The molecule has 2 N–H and O–H groups in total. The van der Waals surface area contributed by atoms with Crippen LogP contribution in [0.25, 0.3) is 5.69 Å². The monoisotopic (exact) mass is 231 g/mol. The third-order valence-electron chi connectivity index (χ3n) is 2.40. The summed E-state index contributed by atoms with van der Waals surface area (Å²) in [7, 11) is 0. The molecule has 5 heteroatoms. The Kier molecular flexibility index (Phi) is 3.09.